The fraction of sp³-hybridized carbons (Fsp3) is 0.545. The van der Waals surface area contributed by atoms with E-state index in [1.54, 1.807) is 12.1 Å². The number of aliphatic carboxylic acids is 1. The Labute approximate surface area is 108 Å². The van der Waals surface area contributed by atoms with Gasteiger partial charge in [0.2, 0.25) is 0 Å². The molecular formula is C11H14N6O2. The van der Waals surface area contributed by atoms with E-state index in [0.717, 1.165) is 25.7 Å². The third-order valence-corrected chi connectivity index (χ3v) is 3.51. The van der Waals surface area contributed by atoms with E-state index in [1.165, 1.54) is 4.63 Å². The van der Waals surface area contributed by atoms with Crippen molar-refractivity contribution in [1.82, 2.24) is 25.3 Å². The SMILES string of the molecule is O=C(O)CC1(Nc2ccc3nnnn3n2)CCCC1. The zero-order valence-corrected chi connectivity index (χ0v) is 10.3. The average Bonchev–Trinajstić information content (AvgIpc) is 2.97. The smallest absolute Gasteiger partial charge is 0.305 e. The molecule has 2 N–H and O–H groups in total. The standard InChI is InChI=1S/C11H14N6O2/c18-10(19)7-11(5-1-2-6-11)12-8-3-4-9-13-15-16-17(9)14-8/h3-4H,1-2,5-7H2,(H,12,14)(H,18,19). The number of hydrogen-bond acceptors (Lipinski definition) is 6. The van der Waals surface area contributed by atoms with Gasteiger partial charge >= 0.3 is 5.97 Å². The molecule has 100 valence electrons. The van der Waals surface area contributed by atoms with Gasteiger partial charge in [0.05, 0.1) is 6.42 Å². The Kier molecular flexibility index (Phi) is 2.77. The van der Waals surface area contributed by atoms with Gasteiger partial charge in [0.25, 0.3) is 0 Å². The molecule has 0 spiro atoms. The number of carboxylic acids is 1. The quantitative estimate of drug-likeness (QED) is 0.836. The summed E-state index contributed by atoms with van der Waals surface area (Å²) in [6, 6.07) is 3.52. The Morgan fingerprint density at radius 1 is 1.42 bits per heavy atom. The summed E-state index contributed by atoms with van der Waals surface area (Å²) in [7, 11) is 0. The van der Waals surface area contributed by atoms with Crippen molar-refractivity contribution in [3.8, 4) is 0 Å². The summed E-state index contributed by atoms with van der Waals surface area (Å²) in [5.41, 5.74) is 0.157. The van der Waals surface area contributed by atoms with Crippen LogP contribution in [0.2, 0.25) is 0 Å². The molecule has 0 radical (unpaired) electrons. The minimum Gasteiger partial charge on any atom is -0.481 e. The van der Waals surface area contributed by atoms with Crippen molar-refractivity contribution in [3.63, 3.8) is 0 Å². The van der Waals surface area contributed by atoms with Gasteiger partial charge in [-0.1, -0.05) is 12.8 Å². The summed E-state index contributed by atoms with van der Waals surface area (Å²) < 4.78 is 1.33. The number of fused-ring (bicyclic) bond motifs is 1. The molecule has 8 nitrogen and oxygen atoms in total. The predicted molar refractivity (Wildman–Crippen MR) is 65.7 cm³/mol. The highest BCUT2D eigenvalue weighted by molar-refractivity contribution is 5.69. The number of nitrogens with one attached hydrogen (secondary N) is 1. The maximum absolute atomic E-state index is 11.0. The first kappa shape index (κ1) is 11.8. The fourth-order valence-electron chi connectivity index (χ4n) is 2.68. The minimum atomic E-state index is -0.794. The van der Waals surface area contributed by atoms with Crippen molar-refractivity contribution < 1.29 is 9.90 Å². The summed E-state index contributed by atoms with van der Waals surface area (Å²) in [4.78, 5) is 11.0. The molecule has 1 saturated carbocycles. The fourth-order valence-corrected chi connectivity index (χ4v) is 2.68. The molecular weight excluding hydrogens is 248 g/mol. The highest BCUT2D eigenvalue weighted by Gasteiger charge is 2.36. The first-order valence-corrected chi connectivity index (χ1v) is 6.22. The molecule has 0 saturated heterocycles. The molecule has 3 rings (SSSR count). The highest BCUT2D eigenvalue weighted by atomic mass is 16.4. The average molecular weight is 262 g/mol. The molecule has 2 heterocycles. The van der Waals surface area contributed by atoms with Gasteiger partial charge in [0, 0.05) is 5.54 Å². The zero-order chi connectivity index (χ0) is 13.3. The van der Waals surface area contributed by atoms with Crippen molar-refractivity contribution >= 4 is 17.4 Å². The molecule has 0 aliphatic heterocycles. The van der Waals surface area contributed by atoms with Gasteiger partial charge in [0.15, 0.2) is 5.65 Å². The maximum atomic E-state index is 11.0. The zero-order valence-electron chi connectivity index (χ0n) is 10.3. The van der Waals surface area contributed by atoms with Crippen LogP contribution >= 0.6 is 0 Å². The van der Waals surface area contributed by atoms with Crippen molar-refractivity contribution in [2.24, 2.45) is 0 Å². The van der Waals surface area contributed by atoms with Crippen LogP contribution in [0.4, 0.5) is 5.82 Å². The molecule has 19 heavy (non-hydrogen) atoms. The van der Waals surface area contributed by atoms with Crippen LogP contribution in [0.5, 0.6) is 0 Å². The Morgan fingerprint density at radius 3 is 2.95 bits per heavy atom. The lowest BCUT2D eigenvalue weighted by Crippen LogP contribution is -2.38. The lowest BCUT2D eigenvalue weighted by Gasteiger charge is -2.29. The third-order valence-electron chi connectivity index (χ3n) is 3.51. The molecule has 2 aromatic heterocycles. The lowest BCUT2D eigenvalue weighted by molar-refractivity contribution is -0.138. The molecule has 1 aliphatic rings. The van der Waals surface area contributed by atoms with E-state index in [1.807, 2.05) is 0 Å². The summed E-state index contributed by atoms with van der Waals surface area (Å²) in [5, 5.41) is 27.6. The van der Waals surface area contributed by atoms with E-state index in [4.69, 9.17) is 5.11 Å². The van der Waals surface area contributed by atoms with Gasteiger partial charge in [0.1, 0.15) is 5.82 Å². The molecule has 8 heteroatoms. The second-order valence-corrected chi connectivity index (χ2v) is 4.93. The van der Waals surface area contributed by atoms with Crippen LogP contribution in [-0.2, 0) is 4.79 Å². The van der Waals surface area contributed by atoms with Crippen molar-refractivity contribution in [2.75, 3.05) is 5.32 Å². The van der Waals surface area contributed by atoms with Gasteiger partial charge in [-0.05, 0) is 35.4 Å². The minimum absolute atomic E-state index is 0.0995. The molecule has 0 amide bonds. The molecule has 0 atom stereocenters. The Balaban J connectivity index is 1.86. The number of anilines is 1. The van der Waals surface area contributed by atoms with Crippen molar-refractivity contribution in [3.05, 3.63) is 12.1 Å². The second-order valence-electron chi connectivity index (χ2n) is 4.93. The van der Waals surface area contributed by atoms with Gasteiger partial charge in [-0.3, -0.25) is 4.79 Å². The Morgan fingerprint density at radius 2 is 2.21 bits per heavy atom. The number of nitrogens with zero attached hydrogens (tertiary/aromatic N) is 5. The van der Waals surface area contributed by atoms with Crippen LogP contribution in [0.1, 0.15) is 32.1 Å². The van der Waals surface area contributed by atoms with E-state index in [-0.39, 0.29) is 6.42 Å². The first-order valence-electron chi connectivity index (χ1n) is 6.22. The monoisotopic (exact) mass is 262 g/mol. The summed E-state index contributed by atoms with van der Waals surface area (Å²) in [5.74, 6) is -0.194. The topological polar surface area (TPSA) is 105 Å². The third kappa shape index (κ3) is 2.33. The number of tetrazole rings is 1. The van der Waals surface area contributed by atoms with E-state index in [2.05, 4.69) is 25.9 Å². The number of carboxylic acid groups (broad SMARTS) is 1. The van der Waals surface area contributed by atoms with Crippen molar-refractivity contribution in [1.29, 1.82) is 0 Å². The van der Waals surface area contributed by atoms with E-state index in [9.17, 15) is 4.79 Å². The highest BCUT2D eigenvalue weighted by Crippen LogP contribution is 2.35. The molecule has 2 aromatic rings. The molecule has 0 aromatic carbocycles. The number of aromatic nitrogens is 5. The summed E-state index contributed by atoms with van der Waals surface area (Å²) in [6.07, 6.45) is 3.85. The van der Waals surface area contributed by atoms with Crippen LogP contribution in [0.15, 0.2) is 12.1 Å². The normalized spacial score (nSPS) is 17.7. The Bertz CT molecular complexity index is 604. The van der Waals surface area contributed by atoms with Crippen LogP contribution in [0.3, 0.4) is 0 Å². The Hall–Kier alpha value is -2.25. The number of rotatable bonds is 4. The lowest BCUT2D eigenvalue weighted by atomic mass is 9.93. The van der Waals surface area contributed by atoms with Crippen LogP contribution in [-0.4, -0.2) is 41.9 Å². The largest absolute Gasteiger partial charge is 0.481 e. The number of hydrogen-bond donors (Lipinski definition) is 2. The summed E-state index contributed by atoms with van der Waals surface area (Å²) >= 11 is 0. The number of carbonyl (C=O) groups is 1. The molecule has 0 unspecified atom stereocenters. The second kappa shape index (κ2) is 4.45. The molecule has 0 bridgehead atoms. The van der Waals surface area contributed by atoms with Gasteiger partial charge in [-0.25, -0.2) is 0 Å². The maximum Gasteiger partial charge on any atom is 0.305 e. The van der Waals surface area contributed by atoms with Crippen LogP contribution < -0.4 is 5.32 Å². The summed E-state index contributed by atoms with van der Waals surface area (Å²) in [6.45, 7) is 0. The predicted octanol–water partition coefficient (Wildman–Crippen LogP) is 0.719. The first-order chi connectivity index (χ1) is 9.17. The van der Waals surface area contributed by atoms with Crippen molar-refractivity contribution in [2.45, 2.75) is 37.6 Å². The van der Waals surface area contributed by atoms with E-state index in [0.29, 0.717) is 11.5 Å². The van der Waals surface area contributed by atoms with Gasteiger partial charge < -0.3 is 10.4 Å². The van der Waals surface area contributed by atoms with E-state index < -0.39 is 11.5 Å². The van der Waals surface area contributed by atoms with Crippen LogP contribution in [0, 0.1) is 0 Å². The van der Waals surface area contributed by atoms with Gasteiger partial charge in [-0.15, -0.1) is 14.8 Å². The molecule has 1 aliphatic carbocycles. The van der Waals surface area contributed by atoms with Gasteiger partial charge in [-0.2, -0.15) is 0 Å². The van der Waals surface area contributed by atoms with E-state index >= 15 is 0 Å². The molecule has 1 fully saturated rings. The van der Waals surface area contributed by atoms with Crippen LogP contribution in [0.25, 0.3) is 5.65 Å².